The fraction of sp³-hybridized carbons (Fsp3) is 0.500. The zero-order valence-corrected chi connectivity index (χ0v) is 15.1. The highest BCUT2D eigenvalue weighted by atomic mass is 16.5. The van der Waals surface area contributed by atoms with Gasteiger partial charge in [0.15, 0.2) is 5.76 Å². The molecule has 2 saturated heterocycles. The summed E-state index contributed by atoms with van der Waals surface area (Å²) in [6.07, 6.45) is 8.01. The van der Waals surface area contributed by atoms with E-state index in [1.807, 2.05) is 17.3 Å². The van der Waals surface area contributed by atoms with Crippen LogP contribution in [0.2, 0.25) is 0 Å². The minimum absolute atomic E-state index is 0.0193. The van der Waals surface area contributed by atoms with Crippen LogP contribution < -0.4 is 0 Å². The summed E-state index contributed by atoms with van der Waals surface area (Å²) < 4.78 is 11.5. The van der Waals surface area contributed by atoms with Gasteiger partial charge in [-0.2, -0.15) is 0 Å². The van der Waals surface area contributed by atoms with Crippen molar-refractivity contribution in [2.75, 3.05) is 26.7 Å². The molecule has 0 bridgehead atoms. The lowest BCUT2D eigenvalue weighted by molar-refractivity contribution is -0.0397. The average molecular weight is 355 g/mol. The number of rotatable bonds is 4. The van der Waals surface area contributed by atoms with E-state index in [4.69, 9.17) is 9.15 Å². The molecule has 0 aliphatic carbocycles. The molecule has 6 heteroatoms. The van der Waals surface area contributed by atoms with E-state index in [0.29, 0.717) is 11.8 Å². The van der Waals surface area contributed by atoms with Gasteiger partial charge in [-0.3, -0.25) is 14.7 Å². The van der Waals surface area contributed by atoms with Crippen molar-refractivity contribution in [3.8, 4) is 0 Å². The van der Waals surface area contributed by atoms with E-state index in [9.17, 15) is 4.79 Å². The molecule has 2 aromatic heterocycles. The maximum atomic E-state index is 12.4. The van der Waals surface area contributed by atoms with Crippen LogP contribution >= 0.6 is 0 Å². The summed E-state index contributed by atoms with van der Waals surface area (Å²) in [5, 5.41) is 0. The molecule has 4 heterocycles. The minimum atomic E-state index is -0.0862. The van der Waals surface area contributed by atoms with E-state index in [1.165, 1.54) is 5.56 Å². The molecule has 1 unspecified atom stereocenters. The molecule has 26 heavy (non-hydrogen) atoms. The second kappa shape index (κ2) is 7.21. The van der Waals surface area contributed by atoms with E-state index in [1.54, 1.807) is 18.4 Å². The highest BCUT2D eigenvalue weighted by Crippen LogP contribution is 2.38. The van der Waals surface area contributed by atoms with E-state index in [-0.39, 0.29) is 11.5 Å². The van der Waals surface area contributed by atoms with Crippen molar-refractivity contribution in [2.24, 2.45) is 0 Å². The monoisotopic (exact) mass is 355 g/mol. The van der Waals surface area contributed by atoms with Gasteiger partial charge in [0.25, 0.3) is 5.91 Å². The molecule has 6 nitrogen and oxygen atoms in total. The van der Waals surface area contributed by atoms with Crippen molar-refractivity contribution in [1.29, 1.82) is 0 Å². The van der Waals surface area contributed by atoms with Gasteiger partial charge in [0.05, 0.1) is 18.5 Å². The molecule has 1 spiro atoms. The predicted octanol–water partition coefficient (Wildman–Crippen LogP) is 2.57. The summed E-state index contributed by atoms with van der Waals surface area (Å²) in [4.78, 5) is 20.7. The van der Waals surface area contributed by atoms with Crippen LogP contribution in [0.3, 0.4) is 0 Å². The zero-order valence-electron chi connectivity index (χ0n) is 15.1. The summed E-state index contributed by atoms with van der Waals surface area (Å²) in [5.74, 6) is 0.400. The molecule has 1 amide bonds. The van der Waals surface area contributed by atoms with Gasteiger partial charge in [-0.1, -0.05) is 0 Å². The third kappa shape index (κ3) is 3.52. The second-order valence-electron chi connectivity index (χ2n) is 7.39. The first-order valence-corrected chi connectivity index (χ1v) is 9.21. The molecule has 2 aliphatic heterocycles. The lowest BCUT2D eigenvalue weighted by Crippen LogP contribution is -2.47. The van der Waals surface area contributed by atoms with Crippen molar-refractivity contribution < 1.29 is 13.9 Å². The van der Waals surface area contributed by atoms with Crippen LogP contribution in [0.25, 0.3) is 0 Å². The Morgan fingerprint density at radius 1 is 1.31 bits per heavy atom. The Labute approximate surface area is 153 Å². The van der Waals surface area contributed by atoms with Crippen molar-refractivity contribution in [3.63, 3.8) is 0 Å². The average Bonchev–Trinajstić information content (AvgIpc) is 3.33. The number of pyridine rings is 1. The number of hydrogen-bond donors (Lipinski definition) is 0. The SMILES string of the molecule is CN(Cc1ccncc1)C1COC2(CCN(C(=O)c3ccco3)CC2)C1. The van der Waals surface area contributed by atoms with Gasteiger partial charge in [-0.25, -0.2) is 0 Å². The van der Waals surface area contributed by atoms with Crippen molar-refractivity contribution in [2.45, 2.75) is 37.5 Å². The number of aromatic nitrogens is 1. The topological polar surface area (TPSA) is 58.8 Å². The van der Waals surface area contributed by atoms with Gasteiger partial charge < -0.3 is 14.1 Å². The van der Waals surface area contributed by atoms with Crippen LogP contribution in [0.15, 0.2) is 47.3 Å². The third-order valence-corrected chi connectivity index (χ3v) is 5.69. The summed E-state index contributed by atoms with van der Waals surface area (Å²) >= 11 is 0. The highest BCUT2D eigenvalue weighted by Gasteiger charge is 2.44. The fourth-order valence-electron chi connectivity index (χ4n) is 4.03. The number of carbonyl (C=O) groups is 1. The maximum Gasteiger partial charge on any atom is 0.289 e. The molecular weight excluding hydrogens is 330 g/mol. The maximum absolute atomic E-state index is 12.4. The predicted molar refractivity (Wildman–Crippen MR) is 96.6 cm³/mol. The Balaban J connectivity index is 1.32. The molecule has 138 valence electrons. The van der Waals surface area contributed by atoms with Gasteiger partial charge in [0, 0.05) is 38.1 Å². The first-order chi connectivity index (χ1) is 12.7. The standard InChI is InChI=1S/C20H25N3O3/c1-22(14-16-4-8-21-9-5-16)17-13-20(26-15-17)6-10-23(11-7-20)19(24)18-3-2-12-25-18/h2-5,8-9,12,17H,6-7,10-11,13-15H2,1H3. The fourth-order valence-corrected chi connectivity index (χ4v) is 4.03. The van der Waals surface area contributed by atoms with Crippen LogP contribution in [-0.2, 0) is 11.3 Å². The van der Waals surface area contributed by atoms with Gasteiger partial charge >= 0.3 is 0 Å². The minimum Gasteiger partial charge on any atom is -0.459 e. The molecule has 0 aromatic carbocycles. The Bertz CT molecular complexity index is 724. The molecule has 0 saturated carbocycles. The summed E-state index contributed by atoms with van der Waals surface area (Å²) in [7, 11) is 2.16. The van der Waals surface area contributed by atoms with Crippen LogP contribution in [0.5, 0.6) is 0 Å². The van der Waals surface area contributed by atoms with Gasteiger partial charge in [0.1, 0.15) is 0 Å². The molecule has 1 atom stereocenters. The molecule has 0 N–H and O–H groups in total. The summed E-state index contributed by atoms with van der Waals surface area (Å²) in [6.45, 7) is 3.10. The molecule has 0 radical (unpaired) electrons. The highest BCUT2D eigenvalue weighted by molar-refractivity contribution is 5.91. The Kier molecular flexibility index (Phi) is 4.78. The number of furan rings is 1. The first-order valence-electron chi connectivity index (χ1n) is 9.21. The molecule has 2 aromatic rings. The van der Waals surface area contributed by atoms with Gasteiger partial charge in [-0.15, -0.1) is 0 Å². The Hall–Kier alpha value is -2.18. The van der Waals surface area contributed by atoms with Crippen molar-refractivity contribution >= 4 is 5.91 Å². The number of likely N-dealkylation sites (N-methyl/N-ethyl adjacent to an activating group) is 1. The van der Waals surface area contributed by atoms with E-state index < -0.39 is 0 Å². The van der Waals surface area contributed by atoms with Crippen LogP contribution in [-0.4, -0.2) is 59.1 Å². The smallest absolute Gasteiger partial charge is 0.289 e. The largest absolute Gasteiger partial charge is 0.459 e. The number of nitrogens with zero attached hydrogens (tertiary/aromatic N) is 3. The number of likely N-dealkylation sites (tertiary alicyclic amines) is 1. The lowest BCUT2D eigenvalue weighted by Gasteiger charge is -2.38. The van der Waals surface area contributed by atoms with E-state index in [0.717, 1.165) is 45.5 Å². The number of ether oxygens (including phenoxy) is 1. The molecule has 2 aliphatic rings. The van der Waals surface area contributed by atoms with Crippen molar-refractivity contribution in [1.82, 2.24) is 14.8 Å². The quantitative estimate of drug-likeness (QED) is 0.844. The van der Waals surface area contributed by atoms with Gasteiger partial charge in [0.2, 0.25) is 0 Å². The van der Waals surface area contributed by atoms with Gasteiger partial charge in [-0.05, 0) is 56.1 Å². The lowest BCUT2D eigenvalue weighted by atomic mass is 9.87. The van der Waals surface area contributed by atoms with E-state index in [2.05, 4.69) is 29.1 Å². The zero-order chi connectivity index (χ0) is 18.0. The second-order valence-corrected chi connectivity index (χ2v) is 7.39. The number of carbonyl (C=O) groups excluding carboxylic acids is 1. The normalized spacial score (nSPS) is 22.2. The summed E-state index contributed by atoms with van der Waals surface area (Å²) in [6, 6.07) is 8.00. The van der Waals surface area contributed by atoms with Crippen LogP contribution in [0.4, 0.5) is 0 Å². The van der Waals surface area contributed by atoms with Crippen LogP contribution in [0, 0.1) is 0 Å². The Morgan fingerprint density at radius 3 is 2.77 bits per heavy atom. The number of piperidine rings is 1. The molecule has 4 rings (SSSR count). The number of amides is 1. The van der Waals surface area contributed by atoms with Crippen molar-refractivity contribution in [3.05, 3.63) is 54.2 Å². The summed E-state index contributed by atoms with van der Waals surface area (Å²) in [5.41, 5.74) is 1.18. The number of hydrogen-bond acceptors (Lipinski definition) is 5. The Morgan fingerprint density at radius 2 is 2.08 bits per heavy atom. The van der Waals surface area contributed by atoms with Crippen LogP contribution in [0.1, 0.15) is 35.4 Å². The first kappa shape index (κ1) is 17.2. The molecule has 2 fully saturated rings. The third-order valence-electron chi connectivity index (χ3n) is 5.69. The van der Waals surface area contributed by atoms with E-state index >= 15 is 0 Å². The molecular formula is C20H25N3O3.